The zero-order valence-electron chi connectivity index (χ0n) is 11.9. The van der Waals surface area contributed by atoms with Gasteiger partial charge in [0.2, 0.25) is 0 Å². The fraction of sp³-hybridized carbons (Fsp3) is 0.353. The average molecular weight is 282 g/mol. The summed E-state index contributed by atoms with van der Waals surface area (Å²) in [6.07, 6.45) is 3.86. The van der Waals surface area contributed by atoms with Gasteiger partial charge in [-0.1, -0.05) is 6.07 Å². The molecule has 4 nitrogen and oxygen atoms in total. The Morgan fingerprint density at radius 2 is 1.95 bits per heavy atom. The highest BCUT2D eigenvalue weighted by Crippen LogP contribution is 2.43. The van der Waals surface area contributed by atoms with Crippen molar-refractivity contribution in [1.29, 1.82) is 0 Å². The number of phenolic OH excluding ortho intramolecular Hbond substituents is 2. The fourth-order valence-electron chi connectivity index (χ4n) is 3.71. The monoisotopic (exact) mass is 282 g/mol. The topological polar surface area (TPSA) is 65.4 Å². The number of rotatable bonds is 0. The summed E-state index contributed by atoms with van der Waals surface area (Å²) >= 11 is 0. The molecule has 21 heavy (non-hydrogen) atoms. The minimum atomic E-state index is -0.0397. The smallest absolute Gasteiger partial charge is 0.157 e. The highest BCUT2D eigenvalue weighted by Gasteiger charge is 2.36. The molecule has 2 atom stereocenters. The molecule has 0 bridgehead atoms. The third kappa shape index (κ3) is 1.90. The van der Waals surface area contributed by atoms with Crippen LogP contribution >= 0.6 is 0 Å². The Morgan fingerprint density at radius 3 is 2.81 bits per heavy atom. The van der Waals surface area contributed by atoms with Crippen LogP contribution in [0.25, 0.3) is 0 Å². The van der Waals surface area contributed by atoms with Gasteiger partial charge < -0.3 is 15.5 Å². The van der Waals surface area contributed by atoms with Gasteiger partial charge in [0.05, 0.1) is 5.69 Å². The van der Waals surface area contributed by atoms with Gasteiger partial charge in [-0.25, -0.2) is 0 Å². The van der Waals surface area contributed by atoms with Crippen molar-refractivity contribution in [2.75, 3.05) is 0 Å². The molecule has 4 heteroatoms. The number of aromatic nitrogens is 1. The van der Waals surface area contributed by atoms with Crippen LogP contribution in [0.4, 0.5) is 0 Å². The van der Waals surface area contributed by atoms with Crippen molar-refractivity contribution < 1.29 is 10.2 Å². The Labute approximate surface area is 123 Å². The predicted octanol–water partition coefficient (Wildman–Crippen LogP) is 2.35. The zero-order chi connectivity index (χ0) is 14.6. The van der Waals surface area contributed by atoms with E-state index in [-0.39, 0.29) is 17.4 Å². The maximum Gasteiger partial charge on any atom is 0.157 e. The van der Waals surface area contributed by atoms with Crippen LogP contribution < -0.4 is 5.32 Å². The first kappa shape index (κ1) is 12.7. The van der Waals surface area contributed by atoms with Crippen LogP contribution in [-0.4, -0.2) is 21.2 Å². The van der Waals surface area contributed by atoms with Crippen LogP contribution in [-0.2, 0) is 13.0 Å². The summed E-state index contributed by atoms with van der Waals surface area (Å²) < 4.78 is 0. The molecule has 1 aromatic carbocycles. The van der Waals surface area contributed by atoms with E-state index in [0.29, 0.717) is 6.04 Å². The summed E-state index contributed by atoms with van der Waals surface area (Å²) in [4.78, 5) is 4.55. The van der Waals surface area contributed by atoms with Crippen LogP contribution in [0.15, 0.2) is 24.4 Å². The van der Waals surface area contributed by atoms with Crippen LogP contribution in [0.5, 0.6) is 11.5 Å². The second-order valence-corrected chi connectivity index (χ2v) is 6.09. The summed E-state index contributed by atoms with van der Waals surface area (Å²) in [6.45, 7) is 2.86. The third-order valence-corrected chi connectivity index (χ3v) is 4.71. The molecule has 2 aromatic rings. The lowest BCUT2D eigenvalue weighted by Crippen LogP contribution is -2.43. The molecular weight excluding hydrogens is 264 g/mol. The van der Waals surface area contributed by atoms with Crippen LogP contribution in [0.1, 0.15) is 40.3 Å². The number of nitrogens with zero attached hydrogens (tertiary/aromatic N) is 1. The van der Waals surface area contributed by atoms with Gasteiger partial charge in [0.25, 0.3) is 0 Å². The second kappa shape index (κ2) is 4.46. The number of pyridine rings is 1. The molecular formula is C17H18N2O2. The maximum atomic E-state index is 9.88. The number of phenols is 2. The summed E-state index contributed by atoms with van der Waals surface area (Å²) in [5.41, 5.74) is 5.74. The van der Waals surface area contributed by atoms with E-state index in [4.69, 9.17) is 0 Å². The Bertz CT molecular complexity index is 727. The molecule has 0 amide bonds. The molecule has 108 valence electrons. The first-order valence-electron chi connectivity index (χ1n) is 7.37. The summed E-state index contributed by atoms with van der Waals surface area (Å²) in [5, 5.41) is 23.2. The number of aromatic hydroxyl groups is 2. The molecule has 0 radical (unpaired) electrons. The van der Waals surface area contributed by atoms with E-state index in [0.717, 1.165) is 41.8 Å². The highest BCUT2D eigenvalue weighted by molar-refractivity contribution is 5.52. The zero-order valence-corrected chi connectivity index (χ0v) is 11.9. The second-order valence-electron chi connectivity index (χ2n) is 6.09. The number of hydrogen-bond donors (Lipinski definition) is 3. The highest BCUT2D eigenvalue weighted by atomic mass is 16.3. The van der Waals surface area contributed by atoms with Gasteiger partial charge in [-0.05, 0) is 54.2 Å². The number of benzene rings is 1. The van der Waals surface area contributed by atoms with E-state index in [1.165, 1.54) is 5.56 Å². The van der Waals surface area contributed by atoms with Gasteiger partial charge in [0, 0.05) is 24.7 Å². The standard InChI is InChI=1S/C17H18N2O2/c1-9-4-12-14(18-7-9)8-19-13-3-2-10-5-15(20)16(21)6-11(10)17(12)13/h4-7,13,17,19-21H,2-3,8H2,1H3/t13-,17+/m1/s1. The molecule has 0 saturated carbocycles. The number of aryl methyl sites for hydroxylation is 2. The molecule has 0 saturated heterocycles. The van der Waals surface area contributed by atoms with Crippen molar-refractivity contribution in [3.05, 3.63) is 52.3 Å². The van der Waals surface area contributed by atoms with Crippen molar-refractivity contribution in [3.63, 3.8) is 0 Å². The number of nitrogens with one attached hydrogen (secondary N) is 1. The largest absolute Gasteiger partial charge is 0.504 e. The van der Waals surface area contributed by atoms with E-state index >= 15 is 0 Å². The van der Waals surface area contributed by atoms with Gasteiger partial charge in [-0.3, -0.25) is 4.98 Å². The third-order valence-electron chi connectivity index (χ3n) is 4.71. The minimum absolute atomic E-state index is 0.0291. The molecule has 0 spiro atoms. The van der Waals surface area contributed by atoms with E-state index < -0.39 is 0 Å². The fourth-order valence-corrected chi connectivity index (χ4v) is 3.71. The lowest BCUT2D eigenvalue weighted by Gasteiger charge is -2.39. The number of hydrogen-bond acceptors (Lipinski definition) is 4. The Balaban J connectivity index is 1.92. The van der Waals surface area contributed by atoms with Crippen molar-refractivity contribution in [2.45, 2.75) is 38.3 Å². The van der Waals surface area contributed by atoms with Crippen molar-refractivity contribution in [2.24, 2.45) is 0 Å². The molecule has 2 heterocycles. The van der Waals surface area contributed by atoms with Crippen LogP contribution in [0, 0.1) is 6.92 Å². The van der Waals surface area contributed by atoms with E-state index in [2.05, 4.69) is 23.3 Å². The van der Waals surface area contributed by atoms with Gasteiger partial charge in [-0.2, -0.15) is 0 Å². The van der Waals surface area contributed by atoms with Crippen molar-refractivity contribution in [1.82, 2.24) is 10.3 Å². The Hall–Kier alpha value is -2.07. The predicted molar refractivity (Wildman–Crippen MR) is 79.5 cm³/mol. The van der Waals surface area contributed by atoms with Gasteiger partial charge in [0.1, 0.15) is 0 Å². The molecule has 0 unspecified atom stereocenters. The minimum Gasteiger partial charge on any atom is -0.504 e. The number of fused-ring (bicyclic) bond motifs is 5. The van der Waals surface area contributed by atoms with Gasteiger partial charge in [-0.15, -0.1) is 0 Å². The molecule has 0 fully saturated rings. The first-order valence-corrected chi connectivity index (χ1v) is 7.37. The first-order chi connectivity index (χ1) is 10.1. The average Bonchev–Trinajstić information content (AvgIpc) is 2.48. The van der Waals surface area contributed by atoms with Gasteiger partial charge in [0.15, 0.2) is 11.5 Å². The Kier molecular flexibility index (Phi) is 2.69. The summed E-state index contributed by atoms with van der Waals surface area (Å²) in [7, 11) is 0. The van der Waals surface area contributed by atoms with Crippen LogP contribution in [0.3, 0.4) is 0 Å². The van der Waals surface area contributed by atoms with E-state index in [1.54, 1.807) is 12.1 Å². The van der Waals surface area contributed by atoms with Crippen LogP contribution in [0.2, 0.25) is 0 Å². The molecule has 1 aliphatic carbocycles. The Morgan fingerprint density at radius 1 is 1.14 bits per heavy atom. The maximum absolute atomic E-state index is 9.88. The molecule has 3 N–H and O–H groups in total. The molecule has 2 aliphatic rings. The molecule has 1 aliphatic heterocycles. The van der Waals surface area contributed by atoms with Crippen molar-refractivity contribution >= 4 is 0 Å². The lowest BCUT2D eigenvalue weighted by atomic mass is 9.73. The molecule has 4 rings (SSSR count). The quantitative estimate of drug-likeness (QED) is 0.649. The van der Waals surface area contributed by atoms with Gasteiger partial charge >= 0.3 is 0 Å². The molecule has 1 aromatic heterocycles. The lowest BCUT2D eigenvalue weighted by molar-refractivity contribution is 0.377. The van der Waals surface area contributed by atoms with Crippen molar-refractivity contribution in [3.8, 4) is 11.5 Å². The normalized spacial score (nSPS) is 23.1. The van der Waals surface area contributed by atoms with E-state index in [9.17, 15) is 10.2 Å². The summed E-state index contributed by atoms with van der Waals surface area (Å²) in [5.74, 6) is 0.136. The van der Waals surface area contributed by atoms with E-state index in [1.807, 2.05) is 6.20 Å². The summed E-state index contributed by atoms with van der Waals surface area (Å²) in [6, 6.07) is 6.01. The SMILES string of the molecule is Cc1cnc2c(c1)[C@@H]1c3cc(O)c(O)cc3CC[C@H]1NC2.